The van der Waals surface area contributed by atoms with E-state index in [-0.39, 0.29) is 0 Å². The van der Waals surface area contributed by atoms with Gasteiger partial charge in [-0.05, 0) is 37.9 Å². The smallest absolute Gasteiger partial charge is 0.231 e. The summed E-state index contributed by atoms with van der Waals surface area (Å²) in [7, 11) is 0. The first-order valence-corrected chi connectivity index (χ1v) is 5.53. The number of rotatable bonds is 3. The fourth-order valence-corrected chi connectivity index (χ4v) is 1.86. The molecule has 0 aromatic carbocycles. The fourth-order valence-electron chi connectivity index (χ4n) is 1.86. The maximum Gasteiger partial charge on any atom is 0.231 e. The third-order valence-electron chi connectivity index (χ3n) is 2.82. The van der Waals surface area contributed by atoms with E-state index in [0.29, 0.717) is 24.1 Å². The summed E-state index contributed by atoms with van der Waals surface area (Å²) in [6.07, 6.45) is 4.00. The number of nitrogens with zero attached hydrogens (tertiary/aromatic N) is 2. The lowest BCUT2D eigenvalue weighted by Gasteiger charge is -2.12. The van der Waals surface area contributed by atoms with Crippen LogP contribution in [-0.2, 0) is 0 Å². The normalized spacial score (nSPS) is 19.4. The first kappa shape index (κ1) is 10.9. The predicted molar refractivity (Wildman–Crippen MR) is 60.2 cm³/mol. The Hall–Kier alpha value is -1.60. The van der Waals surface area contributed by atoms with Crippen LogP contribution in [-0.4, -0.2) is 24.2 Å². The van der Waals surface area contributed by atoms with Crippen LogP contribution in [0, 0.1) is 18.3 Å². The Labute approximate surface area is 95.3 Å². The van der Waals surface area contributed by atoms with Crippen LogP contribution in [0.5, 0.6) is 5.88 Å². The molecule has 2 rings (SSSR count). The first-order valence-electron chi connectivity index (χ1n) is 5.53. The number of hydrogen-bond donors (Lipinski definition) is 1. The maximum atomic E-state index is 9.01. The summed E-state index contributed by atoms with van der Waals surface area (Å²) in [5.74, 6) is 0.455. The summed E-state index contributed by atoms with van der Waals surface area (Å²) in [5.41, 5.74) is 1.45. The summed E-state index contributed by atoms with van der Waals surface area (Å²) in [6, 6.07) is 4.35. The third-order valence-corrected chi connectivity index (χ3v) is 2.82. The molecule has 0 bridgehead atoms. The molecule has 1 aliphatic rings. The average molecular weight is 217 g/mol. The molecule has 4 heteroatoms. The fraction of sp³-hybridized carbons (Fsp3) is 0.500. The van der Waals surface area contributed by atoms with E-state index in [0.717, 1.165) is 18.5 Å². The van der Waals surface area contributed by atoms with Crippen LogP contribution < -0.4 is 10.1 Å². The predicted octanol–water partition coefficient (Wildman–Crippen LogP) is 1.39. The standard InChI is InChI=1S/C12H15N3O/c1-9-4-6-15-12(11(9)7-13)16-8-10-3-2-5-14-10/h4,6,10,14H,2-3,5,8H2,1H3. The van der Waals surface area contributed by atoms with Crippen molar-refractivity contribution in [3.8, 4) is 11.9 Å². The number of aryl methyl sites for hydroxylation is 1. The molecule has 84 valence electrons. The molecule has 1 fully saturated rings. The van der Waals surface area contributed by atoms with Gasteiger partial charge in [0, 0.05) is 12.2 Å². The Bertz CT molecular complexity index is 405. The lowest BCUT2D eigenvalue weighted by Crippen LogP contribution is -2.28. The molecule has 0 amide bonds. The van der Waals surface area contributed by atoms with Gasteiger partial charge in [-0.15, -0.1) is 0 Å². The van der Waals surface area contributed by atoms with Gasteiger partial charge in [0.1, 0.15) is 18.2 Å². The molecule has 16 heavy (non-hydrogen) atoms. The third kappa shape index (κ3) is 2.31. The minimum absolute atomic E-state index is 0.397. The highest BCUT2D eigenvalue weighted by molar-refractivity contribution is 5.43. The lowest BCUT2D eigenvalue weighted by molar-refractivity contribution is 0.266. The van der Waals surface area contributed by atoms with E-state index in [1.807, 2.05) is 13.0 Å². The van der Waals surface area contributed by atoms with Gasteiger partial charge in [0.05, 0.1) is 0 Å². The van der Waals surface area contributed by atoms with Crippen molar-refractivity contribution in [2.24, 2.45) is 0 Å². The van der Waals surface area contributed by atoms with Crippen LogP contribution >= 0.6 is 0 Å². The van der Waals surface area contributed by atoms with E-state index in [1.54, 1.807) is 6.20 Å². The highest BCUT2D eigenvalue weighted by atomic mass is 16.5. The SMILES string of the molecule is Cc1ccnc(OCC2CCCN2)c1C#N. The number of aromatic nitrogens is 1. The Morgan fingerprint density at radius 2 is 2.56 bits per heavy atom. The van der Waals surface area contributed by atoms with E-state index in [4.69, 9.17) is 10.00 Å². The molecule has 1 atom stereocenters. The number of hydrogen-bond acceptors (Lipinski definition) is 4. The maximum absolute atomic E-state index is 9.01. The molecule has 1 aromatic heterocycles. The van der Waals surface area contributed by atoms with E-state index < -0.39 is 0 Å². The highest BCUT2D eigenvalue weighted by Gasteiger charge is 2.16. The Kier molecular flexibility index (Phi) is 3.37. The number of nitriles is 1. The highest BCUT2D eigenvalue weighted by Crippen LogP contribution is 2.18. The van der Waals surface area contributed by atoms with Gasteiger partial charge in [-0.25, -0.2) is 4.98 Å². The van der Waals surface area contributed by atoms with E-state index in [1.165, 1.54) is 6.42 Å². The number of pyridine rings is 1. The van der Waals surface area contributed by atoms with Gasteiger partial charge in [-0.1, -0.05) is 0 Å². The van der Waals surface area contributed by atoms with Gasteiger partial charge >= 0.3 is 0 Å². The van der Waals surface area contributed by atoms with Gasteiger partial charge < -0.3 is 10.1 Å². The molecule has 0 saturated carbocycles. The van der Waals surface area contributed by atoms with Crippen LogP contribution in [0.1, 0.15) is 24.0 Å². The number of nitrogens with one attached hydrogen (secondary N) is 1. The summed E-state index contributed by atoms with van der Waals surface area (Å²) in [6.45, 7) is 3.53. The Morgan fingerprint density at radius 1 is 1.69 bits per heavy atom. The van der Waals surface area contributed by atoms with Crippen LogP contribution in [0.2, 0.25) is 0 Å². The molecule has 0 spiro atoms. The van der Waals surface area contributed by atoms with Crippen LogP contribution in [0.15, 0.2) is 12.3 Å². The molecule has 1 N–H and O–H groups in total. The second-order valence-electron chi connectivity index (χ2n) is 4.02. The zero-order valence-corrected chi connectivity index (χ0v) is 9.36. The molecule has 2 heterocycles. The van der Waals surface area contributed by atoms with Gasteiger partial charge in [-0.3, -0.25) is 0 Å². The largest absolute Gasteiger partial charge is 0.475 e. The summed E-state index contributed by atoms with van der Waals surface area (Å²) >= 11 is 0. The second kappa shape index (κ2) is 4.95. The molecule has 1 unspecified atom stereocenters. The lowest BCUT2D eigenvalue weighted by atomic mass is 10.2. The quantitative estimate of drug-likeness (QED) is 0.831. The van der Waals surface area contributed by atoms with Gasteiger partial charge in [-0.2, -0.15) is 5.26 Å². The topological polar surface area (TPSA) is 57.9 Å². The zero-order valence-electron chi connectivity index (χ0n) is 9.36. The average Bonchev–Trinajstić information content (AvgIpc) is 2.79. The minimum atomic E-state index is 0.397. The van der Waals surface area contributed by atoms with Crippen molar-refractivity contribution in [3.63, 3.8) is 0 Å². The van der Waals surface area contributed by atoms with Crippen molar-refractivity contribution < 1.29 is 4.74 Å². The second-order valence-corrected chi connectivity index (χ2v) is 4.02. The Morgan fingerprint density at radius 3 is 3.25 bits per heavy atom. The van der Waals surface area contributed by atoms with Crippen LogP contribution in [0.25, 0.3) is 0 Å². The van der Waals surface area contributed by atoms with E-state index in [2.05, 4.69) is 16.4 Å². The van der Waals surface area contributed by atoms with Crippen molar-refractivity contribution >= 4 is 0 Å². The summed E-state index contributed by atoms with van der Waals surface area (Å²) in [5, 5.41) is 12.3. The zero-order chi connectivity index (χ0) is 11.4. The molecule has 0 radical (unpaired) electrons. The van der Waals surface area contributed by atoms with Gasteiger partial charge in [0.25, 0.3) is 0 Å². The summed E-state index contributed by atoms with van der Waals surface area (Å²) in [4.78, 5) is 4.10. The van der Waals surface area contributed by atoms with E-state index in [9.17, 15) is 0 Å². The number of ether oxygens (including phenoxy) is 1. The monoisotopic (exact) mass is 217 g/mol. The molecule has 1 saturated heterocycles. The van der Waals surface area contributed by atoms with E-state index >= 15 is 0 Å². The molecule has 4 nitrogen and oxygen atoms in total. The van der Waals surface area contributed by atoms with Crippen molar-refractivity contribution in [1.82, 2.24) is 10.3 Å². The molecule has 1 aromatic rings. The minimum Gasteiger partial charge on any atom is -0.475 e. The van der Waals surface area contributed by atoms with Crippen molar-refractivity contribution in [2.45, 2.75) is 25.8 Å². The first-order chi connectivity index (χ1) is 7.81. The van der Waals surface area contributed by atoms with Crippen molar-refractivity contribution in [2.75, 3.05) is 13.2 Å². The molecular formula is C12H15N3O. The molecule has 1 aliphatic heterocycles. The Balaban J connectivity index is 2.03. The van der Waals surface area contributed by atoms with Gasteiger partial charge in [0.15, 0.2) is 0 Å². The van der Waals surface area contributed by atoms with Crippen molar-refractivity contribution in [3.05, 3.63) is 23.4 Å². The van der Waals surface area contributed by atoms with Crippen LogP contribution in [0.4, 0.5) is 0 Å². The molecular weight excluding hydrogens is 202 g/mol. The van der Waals surface area contributed by atoms with Crippen molar-refractivity contribution in [1.29, 1.82) is 5.26 Å². The van der Waals surface area contributed by atoms with Gasteiger partial charge in [0.2, 0.25) is 5.88 Å². The summed E-state index contributed by atoms with van der Waals surface area (Å²) < 4.78 is 5.60. The van der Waals surface area contributed by atoms with Crippen LogP contribution in [0.3, 0.4) is 0 Å². The molecule has 0 aliphatic carbocycles.